The first kappa shape index (κ1) is 15.3. The smallest absolute Gasteiger partial charge is 0.317 e. The van der Waals surface area contributed by atoms with Crippen molar-refractivity contribution in [3.8, 4) is 0 Å². The van der Waals surface area contributed by atoms with Gasteiger partial charge in [0.05, 0.1) is 5.56 Å². The fourth-order valence-electron chi connectivity index (χ4n) is 2.67. The van der Waals surface area contributed by atoms with Crippen molar-refractivity contribution in [3.05, 3.63) is 34.9 Å². The molecule has 2 rings (SSSR count). The highest BCUT2D eigenvalue weighted by Gasteiger charge is 2.30. The summed E-state index contributed by atoms with van der Waals surface area (Å²) in [7, 11) is 1.97. The van der Waals surface area contributed by atoms with Gasteiger partial charge in [-0.25, -0.2) is 0 Å². The molecule has 0 radical (unpaired) electrons. The van der Waals surface area contributed by atoms with Gasteiger partial charge in [-0.2, -0.15) is 13.2 Å². The van der Waals surface area contributed by atoms with E-state index in [1.54, 1.807) is 13.0 Å². The summed E-state index contributed by atoms with van der Waals surface area (Å²) in [5.41, 5.74) is 1.14. The Balaban J connectivity index is 2.00. The zero-order chi connectivity index (χ0) is 14.8. The van der Waals surface area contributed by atoms with Gasteiger partial charge in [-0.15, -0.1) is 0 Å². The quantitative estimate of drug-likeness (QED) is 0.918. The normalized spacial score (nSPS) is 18.4. The van der Waals surface area contributed by atoms with E-state index in [1.807, 2.05) is 7.05 Å². The average molecular weight is 286 g/mol. The van der Waals surface area contributed by atoms with Gasteiger partial charge in [-0.1, -0.05) is 6.07 Å². The lowest BCUT2D eigenvalue weighted by atomic mass is 10.0. The lowest BCUT2D eigenvalue weighted by Crippen LogP contribution is -2.40. The number of nitrogens with zero attached hydrogens (tertiary/aromatic N) is 1. The van der Waals surface area contributed by atoms with Gasteiger partial charge in [0, 0.05) is 12.6 Å². The van der Waals surface area contributed by atoms with Crippen LogP contribution < -0.4 is 5.32 Å². The van der Waals surface area contributed by atoms with Crippen LogP contribution in [0.25, 0.3) is 0 Å². The molecule has 0 bridgehead atoms. The number of likely N-dealkylation sites (tertiary alicyclic amines) is 1. The van der Waals surface area contributed by atoms with E-state index in [9.17, 15) is 13.2 Å². The number of piperidine rings is 1. The first-order chi connectivity index (χ1) is 9.40. The highest BCUT2D eigenvalue weighted by molar-refractivity contribution is 5.32. The second-order valence-corrected chi connectivity index (χ2v) is 5.48. The van der Waals surface area contributed by atoms with E-state index in [4.69, 9.17) is 0 Å². The Bertz CT molecular complexity index is 449. The third kappa shape index (κ3) is 3.73. The first-order valence-electron chi connectivity index (χ1n) is 6.96. The zero-order valence-electron chi connectivity index (χ0n) is 11.9. The molecule has 0 atom stereocenters. The van der Waals surface area contributed by atoms with Gasteiger partial charge in [-0.05, 0) is 63.2 Å². The number of aryl methyl sites for hydroxylation is 1. The van der Waals surface area contributed by atoms with Crippen LogP contribution in [0.4, 0.5) is 13.2 Å². The Hall–Kier alpha value is -1.07. The van der Waals surface area contributed by atoms with Gasteiger partial charge < -0.3 is 5.32 Å². The average Bonchev–Trinajstić information content (AvgIpc) is 2.41. The van der Waals surface area contributed by atoms with Gasteiger partial charge in [0.15, 0.2) is 0 Å². The predicted molar refractivity (Wildman–Crippen MR) is 73.5 cm³/mol. The van der Waals surface area contributed by atoms with Crippen LogP contribution in [0.2, 0.25) is 0 Å². The van der Waals surface area contributed by atoms with Crippen molar-refractivity contribution >= 4 is 0 Å². The molecule has 112 valence electrons. The zero-order valence-corrected chi connectivity index (χ0v) is 11.9. The summed E-state index contributed by atoms with van der Waals surface area (Å²) in [6.45, 7) is 4.48. The van der Waals surface area contributed by atoms with Crippen LogP contribution in [0.1, 0.15) is 29.5 Å². The number of halogens is 3. The largest absolute Gasteiger partial charge is 0.416 e. The second kappa shape index (κ2) is 6.14. The third-order valence-electron chi connectivity index (χ3n) is 4.06. The minimum Gasteiger partial charge on any atom is -0.317 e. The summed E-state index contributed by atoms with van der Waals surface area (Å²) >= 11 is 0. The van der Waals surface area contributed by atoms with Crippen LogP contribution in [-0.2, 0) is 12.7 Å². The fourth-order valence-corrected chi connectivity index (χ4v) is 2.67. The number of nitrogens with one attached hydrogen (secondary N) is 1. The molecule has 1 N–H and O–H groups in total. The summed E-state index contributed by atoms with van der Waals surface area (Å²) in [5.74, 6) is 0. The number of hydrogen-bond donors (Lipinski definition) is 1. The molecule has 0 unspecified atom stereocenters. The highest BCUT2D eigenvalue weighted by atomic mass is 19.4. The summed E-state index contributed by atoms with van der Waals surface area (Å²) < 4.78 is 37.9. The Morgan fingerprint density at radius 3 is 2.40 bits per heavy atom. The van der Waals surface area contributed by atoms with Crippen molar-refractivity contribution in [2.75, 3.05) is 20.1 Å². The molecule has 1 aromatic carbocycles. The van der Waals surface area contributed by atoms with E-state index in [0.717, 1.165) is 43.6 Å². The van der Waals surface area contributed by atoms with Crippen molar-refractivity contribution in [1.82, 2.24) is 10.2 Å². The van der Waals surface area contributed by atoms with Crippen molar-refractivity contribution in [2.45, 2.75) is 38.5 Å². The van der Waals surface area contributed by atoms with Crippen LogP contribution >= 0.6 is 0 Å². The highest BCUT2D eigenvalue weighted by Crippen LogP contribution is 2.30. The number of benzene rings is 1. The van der Waals surface area contributed by atoms with Crippen LogP contribution in [0, 0.1) is 6.92 Å². The van der Waals surface area contributed by atoms with Crippen molar-refractivity contribution < 1.29 is 13.2 Å². The Morgan fingerprint density at radius 2 is 1.90 bits per heavy atom. The molecule has 1 heterocycles. The topological polar surface area (TPSA) is 15.3 Å². The van der Waals surface area contributed by atoms with Crippen molar-refractivity contribution in [3.63, 3.8) is 0 Å². The van der Waals surface area contributed by atoms with Gasteiger partial charge in [0.1, 0.15) is 0 Å². The van der Waals surface area contributed by atoms with Crippen LogP contribution in [0.15, 0.2) is 18.2 Å². The first-order valence-corrected chi connectivity index (χ1v) is 6.96. The summed E-state index contributed by atoms with van der Waals surface area (Å²) in [5, 5.41) is 3.27. The van der Waals surface area contributed by atoms with Crippen LogP contribution in [0.3, 0.4) is 0 Å². The predicted octanol–water partition coefficient (Wildman–Crippen LogP) is 3.20. The molecule has 0 aliphatic carbocycles. The molecule has 1 aromatic rings. The number of rotatable bonds is 3. The molecule has 1 aliphatic rings. The second-order valence-electron chi connectivity index (χ2n) is 5.48. The Kier molecular flexibility index (Phi) is 4.70. The maximum Gasteiger partial charge on any atom is 0.416 e. The van der Waals surface area contributed by atoms with E-state index >= 15 is 0 Å². The van der Waals surface area contributed by atoms with Crippen molar-refractivity contribution in [1.29, 1.82) is 0 Å². The SMILES string of the molecule is CNC1CCN(Cc2ccc(C(F)(F)F)cc2C)CC1. The molecule has 0 aromatic heterocycles. The molecule has 0 saturated carbocycles. The third-order valence-corrected chi connectivity index (χ3v) is 4.06. The summed E-state index contributed by atoms with van der Waals surface area (Å²) in [4.78, 5) is 2.31. The Labute approximate surface area is 118 Å². The Morgan fingerprint density at radius 1 is 1.25 bits per heavy atom. The van der Waals surface area contributed by atoms with Gasteiger partial charge >= 0.3 is 6.18 Å². The van der Waals surface area contributed by atoms with E-state index in [1.165, 1.54) is 12.1 Å². The van der Waals surface area contributed by atoms with E-state index < -0.39 is 11.7 Å². The lowest BCUT2D eigenvalue weighted by molar-refractivity contribution is -0.137. The van der Waals surface area contributed by atoms with Gasteiger partial charge in [0.2, 0.25) is 0 Å². The molecule has 1 fully saturated rings. The molecular weight excluding hydrogens is 265 g/mol. The maximum atomic E-state index is 12.6. The van der Waals surface area contributed by atoms with E-state index in [2.05, 4.69) is 10.2 Å². The standard InChI is InChI=1S/C15H21F3N2/c1-11-9-13(15(16,17)18)4-3-12(11)10-20-7-5-14(19-2)6-8-20/h3-4,9,14,19H,5-8,10H2,1-2H3. The maximum absolute atomic E-state index is 12.6. The number of hydrogen-bond acceptors (Lipinski definition) is 2. The molecular formula is C15H21F3N2. The van der Waals surface area contributed by atoms with Crippen molar-refractivity contribution in [2.24, 2.45) is 0 Å². The minimum atomic E-state index is -4.26. The summed E-state index contributed by atoms with van der Waals surface area (Å²) in [6, 6.07) is 4.61. The van der Waals surface area contributed by atoms with Gasteiger partial charge in [0.25, 0.3) is 0 Å². The van der Waals surface area contributed by atoms with Gasteiger partial charge in [-0.3, -0.25) is 4.90 Å². The molecule has 5 heteroatoms. The summed E-state index contributed by atoms with van der Waals surface area (Å²) in [6.07, 6.45) is -2.07. The molecule has 0 spiro atoms. The van der Waals surface area contributed by atoms with E-state index in [0.29, 0.717) is 6.04 Å². The molecule has 20 heavy (non-hydrogen) atoms. The molecule has 1 aliphatic heterocycles. The minimum absolute atomic E-state index is 0.562. The molecule has 0 amide bonds. The lowest BCUT2D eigenvalue weighted by Gasteiger charge is -2.32. The fraction of sp³-hybridized carbons (Fsp3) is 0.600. The van der Waals surface area contributed by atoms with E-state index in [-0.39, 0.29) is 0 Å². The molecule has 2 nitrogen and oxygen atoms in total. The molecule has 1 saturated heterocycles. The monoisotopic (exact) mass is 286 g/mol. The van der Waals surface area contributed by atoms with Crippen LogP contribution in [-0.4, -0.2) is 31.1 Å². The van der Waals surface area contributed by atoms with Crippen LogP contribution in [0.5, 0.6) is 0 Å². The number of alkyl halides is 3.